The van der Waals surface area contributed by atoms with Crippen molar-refractivity contribution in [3.63, 3.8) is 0 Å². The average molecular weight is 958 g/mol. The predicted molar refractivity (Wildman–Crippen MR) is 297 cm³/mol. The Labute approximate surface area is 425 Å². The van der Waals surface area contributed by atoms with E-state index >= 15 is 0 Å². The highest BCUT2D eigenvalue weighted by molar-refractivity contribution is 5.71. The highest BCUT2D eigenvalue weighted by Crippen LogP contribution is 2.11. The number of rotatable bonds is 50. The van der Waals surface area contributed by atoms with Gasteiger partial charge in [-0.25, -0.2) is 0 Å². The van der Waals surface area contributed by atoms with Crippen LogP contribution in [0.5, 0.6) is 0 Å². The first-order valence-corrected chi connectivity index (χ1v) is 28.4. The van der Waals surface area contributed by atoms with Crippen molar-refractivity contribution in [3.05, 3.63) is 109 Å². The summed E-state index contributed by atoms with van der Waals surface area (Å²) in [7, 11) is 0. The van der Waals surface area contributed by atoms with Crippen molar-refractivity contribution in [3.8, 4) is 0 Å². The molecule has 0 aromatic heterocycles. The van der Waals surface area contributed by atoms with Crippen molar-refractivity contribution in [2.24, 2.45) is 0 Å². The van der Waals surface area contributed by atoms with Crippen LogP contribution in [-0.2, 0) is 28.6 Å². The van der Waals surface area contributed by atoms with E-state index in [-0.39, 0.29) is 50.4 Å². The molecule has 0 aromatic rings. The van der Waals surface area contributed by atoms with Crippen LogP contribution in [0.1, 0.15) is 252 Å². The lowest BCUT2D eigenvalue weighted by molar-refractivity contribution is -0.166. The molecule has 0 aliphatic rings. The topological polar surface area (TPSA) is 78.9 Å². The summed E-state index contributed by atoms with van der Waals surface area (Å²) in [6.07, 6.45) is 76.6. The van der Waals surface area contributed by atoms with Crippen molar-refractivity contribution < 1.29 is 28.6 Å². The molecule has 6 nitrogen and oxygen atoms in total. The molecule has 0 radical (unpaired) electrons. The Kier molecular flexibility index (Phi) is 53.4. The van der Waals surface area contributed by atoms with Crippen molar-refractivity contribution >= 4 is 17.9 Å². The van der Waals surface area contributed by atoms with E-state index in [0.29, 0.717) is 19.3 Å². The fourth-order valence-corrected chi connectivity index (χ4v) is 7.31. The van der Waals surface area contributed by atoms with Crippen LogP contribution in [-0.4, -0.2) is 37.2 Å². The van der Waals surface area contributed by atoms with E-state index in [1.54, 1.807) is 0 Å². The minimum Gasteiger partial charge on any atom is -0.462 e. The smallest absolute Gasteiger partial charge is 0.306 e. The highest BCUT2D eigenvalue weighted by Gasteiger charge is 2.19. The van der Waals surface area contributed by atoms with Gasteiger partial charge in [-0.3, -0.25) is 14.4 Å². The normalized spacial score (nSPS) is 12.9. The van der Waals surface area contributed by atoms with E-state index < -0.39 is 6.10 Å². The third kappa shape index (κ3) is 54.9. The maximum atomic E-state index is 12.8. The summed E-state index contributed by atoms with van der Waals surface area (Å²) >= 11 is 0. The molecule has 0 bridgehead atoms. The summed E-state index contributed by atoms with van der Waals surface area (Å²) in [6.45, 7) is 6.46. The first-order valence-electron chi connectivity index (χ1n) is 28.4. The van der Waals surface area contributed by atoms with Gasteiger partial charge in [0.05, 0.1) is 0 Å². The van der Waals surface area contributed by atoms with E-state index in [9.17, 15) is 14.4 Å². The van der Waals surface area contributed by atoms with Crippen molar-refractivity contribution in [2.75, 3.05) is 13.2 Å². The van der Waals surface area contributed by atoms with Crippen LogP contribution in [0.15, 0.2) is 109 Å². The Bertz CT molecular complexity index is 1350. The second-order valence-electron chi connectivity index (χ2n) is 18.4. The van der Waals surface area contributed by atoms with E-state index in [1.165, 1.54) is 96.3 Å². The molecule has 0 N–H and O–H groups in total. The van der Waals surface area contributed by atoms with Crippen LogP contribution in [0.4, 0.5) is 0 Å². The van der Waals surface area contributed by atoms with Gasteiger partial charge in [0.25, 0.3) is 0 Å². The number of allylic oxidation sites excluding steroid dienone is 18. The first kappa shape index (κ1) is 65.1. The van der Waals surface area contributed by atoms with Crippen LogP contribution in [0.2, 0.25) is 0 Å². The highest BCUT2D eigenvalue weighted by atomic mass is 16.6. The molecule has 0 rings (SSSR count). The van der Waals surface area contributed by atoms with E-state index in [2.05, 4.69) is 130 Å². The third-order valence-corrected chi connectivity index (χ3v) is 11.6. The molecule has 6 heteroatoms. The average Bonchev–Trinajstić information content (AvgIpc) is 3.35. The van der Waals surface area contributed by atoms with Gasteiger partial charge in [-0.05, 0) is 173 Å². The van der Waals surface area contributed by atoms with E-state index in [1.807, 2.05) is 0 Å². The molecule has 0 saturated heterocycles. The van der Waals surface area contributed by atoms with Crippen molar-refractivity contribution in [1.82, 2.24) is 0 Å². The molecule has 0 aromatic carbocycles. The van der Waals surface area contributed by atoms with E-state index in [0.717, 1.165) is 96.3 Å². The lowest BCUT2D eigenvalue weighted by Crippen LogP contribution is -2.30. The van der Waals surface area contributed by atoms with Gasteiger partial charge in [0.1, 0.15) is 13.2 Å². The minimum atomic E-state index is -0.833. The zero-order valence-corrected chi connectivity index (χ0v) is 44.8. The van der Waals surface area contributed by atoms with Gasteiger partial charge in [0.2, 0.25) is 0 Å². The summed E-state index contributed by atoms with van der Waals surface area (Å²) in [5, 5.41) is 0. The SMILES string of the molecule is CCCCCC=CCC=CCCCCC=CCCCC(=O)OCC(COC(=O)CCCC=CCCCCC=CCC=CCCCCC)OC(=O)CCCC=CCCCCC=CCC=CCCCCC. The summed E-state index contributed by atoms with van der Waals surface area (Å²) in [4.78, 5) is 38.1. The van der Waals surface area contributed by atoms with Gasteiger partial charge in [-0.2, -0.15) is 0 Å². The summed E-state index contributed by atoms with van der Waals surface area (Å²) in [5.41, 5.74) is 0. The molecule has 0 atom stereocenters. The monoisotopic (exact) mass is 957 g/mol. The van der Waals surface area contributed by atoms with Gasteiger partial charge in [-0.1, -0.05) is 169 Å². The second kappa shape index (κ2) is 56.7. The zero-order chi connectivity index (χ0) is 50.0. The summed E-state index contributed by atoms with van der Waals surface area (Å²) in [5.74, 6) is -1.05. The van der Waals surface area contributed by atoms with Crippen LogP contribution in [0, 0.1) is 0 Å². The molecule has 0 saturated carbocycles. The molecule has 0 fully saturated rings. The van der Waals surface area contributed by atoms with Crippen LogP contribution >= 0.6 is 0 Å². The van der Waals surface area contributed by atoms with Crippen LogP contribution in [0.25, 0.3) is 0 Å². The number of hydrogen-bond acceptors (Lipinski definition) is 6. The van der Waals surface area contributed by atoms with Gasteiger partial charge in [-0.15, -0.1) is 0 Å². The van der Waals surface area contributed by atoms with Crippen molar-refractivity contribution in [2.45, 2.75) is 258 Å². The lowest BCUT2D eigenvalue weighted by atomic mass is 10.1. The molecule has 0 aliphatic heterocycles. The molecule has 0 aliphatic carbocycles. The van der Waals surface area contributed by atoms with Gasteiger partial charge >= 0.3 is 17.9 Å². The predicted octanol–water partition coefficient (Wildman–Crippen LogP) is 19.1. The number of hydrogen-bond donors (Lipinski definition) is 0. The number of unbranched alkanes of at least 4 members (excludes halogenated alkanes) is 21. The molecule has 0 unspecified atom stereocenters. The van der Waals surface area contributed by atoms with Crippen molar-refractivity contribution in [1.29, 1.82) is 0 Å². The summed E-state index contributed by atoms with van der Waals surface area (Å²) < 4.78 is 16.7. The molecule has 0 spiro atoms. The molecule has 392 valence electrons. The number of carbonyl (C=O) groups is 3. The van der Waals surface area contributed by atoms with Gasteiger partial charge in [0.15, 0.2) is 6.10 Å². The standard InChI is InChI=1S/C63H104O6/c1-4-7-10-13-16-19-22-25-28-31-34-37-40-43-46-49-52-55-61(64)67-58-60(69-63(66)57-54-51-48-45-42-39-36-33-30-27-24-21-18-15-12-9-6-3)59-68-62(65)56-53-50-47-44-41-38-35-32-29-26-23-20-17-14-11-8-5-2/h16-21,25-30,43-48,60H,4-15,22-24,31-42,49-59H2,1-3H3. The van der Waals surface area contributed by atoms with Crippen LogP contribution in [0.3, 0.4) is 0 Å². The maximum absolute atomic E-state index is 12.8. The van der Waals surface area contributed by atoms with Crippen LogP contribution < -0.4 is 0 Å². The quantitative estimate of drug-likeness (QED) is 0.0262. The van der Waals surface area contributed by atoms with E-state index in [4.69, 9.17) is 14.2 Å². The molecule has 0 amide bonds. The maximum Gasteiger partial charge on any atom is 0.306 e. The number of esters is 3. The number of ether oxygens (including phenoxy) is 3. The first-order chi connectivity index (χ1) is 34.0. The Hall–Kier alpha value is -3.93. The molecular weight excluding hydrogens is 853 g/mol. The van der Waals surface area contributed by atoms with Gasteiger partial charge < -0.3 is 14.2 Å². The molecule has 69 heavy (non-hydrogen) atoms. The third-order valence-electron chi connectivity index (χ3n) is 11.6. The zero-order valence-electron chi connectivity index (χ0n) is 44.8. The Morgan fingerprint density at radius 3 is 0.768 bits per heavy atom. The Balaban J connectivity index is 4.56. The van der Waals surface area contributed by atoms with Gasteiger partial charge in [0, 0.05) is 19.3 Å². The molecule has 0 heterocycles. The fourth-order valence-electron chi connectivity index (χ4n) is 7.31. The Morgan fingerprint density at radius 1 is 0.290 bits per heavy atom. The number of carbonyl (C=O) groups excluding carboxylic acids is 3. The fraction of sp³-hybridized carbons (Fsp3) is 0.667. The molecular formula is C63H104O6. The second-order valence-corrected chi connectivity index (χ2v) is 18.4. The summed E-state index contributed by atoms with van der Waals surface area (Å²) in [6, 6.07) is 0. The minimum absolute atomic E-state index is 0.128. The largest absolute Gasteiger partial charge is 0.462 e. The Morgan fingerprint density at radius 2 is 0.507 bits per heavy atom. The lowest BCUT2D eigenvalue weighted by Gasteiger charge is -2.18.